The van der Waals surface area contributed by atoms with E-state index >= 15 is 0 Å². The van der Waals surface area contributed by atoms with E-state index in [0.29, 0.717) is 65.9 Å². The maximum Gasteiger partial charge on any atom is 0.373 e. The topological polar surface area (TPSA) is 168 Å². The largest absolute Gasteiger partial charge is 0.465 e. The first-order chi connectivity index (χ1) is 19.8. The van der Waals surface area contributed by atoms with Crippen LogP contribution in [0.15, 0.2) is 0 Å². The molecule has 0 rings (SSSR count). The maximum absolute atomic E-state index is 11.3. The van der Waals surface area contributed by atoms with E-state index in [4.69, 9.17) is 47.5 Å². The molecule has 14 heteroatoms. The second-order valence-electron chi connectivity index (χ2n) is 10.1. The van der Waals surface area contributed by atoms with Crippen LogP contribution in [-0.4, -0.2) is 122 Å². The first-order valence-corrected chi connectivity index (χ1v) is 13.8. The Morgan fingerprint density at radius 3 is 1.19 bits per heavy atom. The lowest BCUT2D eigenvalue weighted by Gasteiger charge is -2.19. The lowest BCUT2D eigenvalue weighted by atomic mass is 10.2. The van der Waals surface area contributed by atoms with Crippen molar-refractivity contribution in [2.75, 3.05) is 85.9 Å². The van der Waals surface area contributed by atoms with E-state index in [2.05, 4.69) is 11.7 Å². The Bertz CT molecular complexity index is 664. The number of esters is 2. The number of carbonyl (C=O) groups is 3. The monoisotopic (exact) mass is 612 g/mol. The number of hydrogen-bond donors (Lipinski definition) is 0. The van der Waals surface area contributed by atoms with E-state index in [1.54, 1.807) is 20.8 Å². The Kier molecular flexibility index (Phi) is 33.0. The zero-order valence-corrected chi connectivity index (χ0v) is 26.4. The summed E-state index contributed by atoms with van der Waals surface area (Å²) in [7, 11) is 0. The molecule has 0 heterocycles. The normalized spacial score (nSPS) is 10.7. The smallest absolute Gasteiger partial charge is 0.373 e. The molecule has 0 unspecified atom stereocenters. The summed E-state index contributed by atoms with van der Waals surface area (Å²) in [4.78, 5) is 48.6. The second kappa shape index (κ2) is 31.5. The Labute approximate surface area is 249 Å². The third-order valence-corrected chi connectivity index (χ3v) is 3.82. The quantitative estimate of drug-likeness (QED) is 0.0712. The van der Waals surface area contributed by atoms with Crippen molar-refractivity contribution in [3.63, 3.8) is 0 Å². The first kappa shape index (κ1) is 44.0. The molecule has 0 aromatic rings. The van der Waals surface area contributed by atoms with E-state index in [-0.39, 0.29) is 31.9 Å². The van der Waals surface area contributed by atoms with Gasteiger partial charge in [-0.1, -0.05) is 13.3 Å². The standard InChI is InChI=1S/C14H28O5.C13H24O7.CO2/c1-5-6-7-16-8-9-17-10-11-18-12-13(15)19-14(2,3)4;1-13(2,3)20-12(15)10-18-8-6-16-4-5-17-7-9-19-11-14;2-1-3/h5-12H2,1-4H3;11H,4-10H2,1-3H3;. The molecule has 0 aliphatic carbocycles. The highest BCUT2D eigenvalue weighted by Crippen LogP contribution is 2.07. The van der Waals surface area contributed by atoms with E-state index in [1.807, 2.05) is 20.8 Å². The van der Waals surface area contributed by atoms with Crippen LogP contribution in [-0.2, 0) is 66.6 Å². The third kappa shape index (κ3) is 47.3. The number of ether oxygens (including phenoxy) is 9. The molecule has 0 fully saturated rings. The fraction of sp³-hybridized carbons (Fsp3) is 0.857. The summed E-state index contributed by atoms with van der Waals surface area (Å²) in [5.74, 6) is -0.744. The summed E-state index contributed by atoms with van der Waals surface area (Å²) in [6.45, 7) is 18.1. The molecule has 0 aromatic heterocycles. The minimum atomic E-state index is -0.498. The number of rotatable bonds is 23. The van der Waals surface area contributed by atoms with Crippen LogP contribution >= 0.6 is 0 Å². The van der Waals surface area contributed by atoms with Crippen molar-refractivity contribution in [1.82, 2.24) is 0 Å². The van der Waals surface area contributed by atoms with Gasteiger partial charge in [-0.15, -0.1) is 0 Å². The van der Waals surface area contributed by atoms with Gasteiger partial charge in [0.15, 0.2) is 0 Å². The van der Waals surface area contributed by atoms with Gasteiger partial charge in [0.2, 0.25) is 0 Å². The molecule has 248 valence electrons. The van der Waals surface area contributed by atoms with Gasteiger partial charge in [-0.25, -0.2) is 9.59 Å². The SMILES string of the molecule is CC(C)(C)OC(=O)COCCOCCOCCOC=O.CCCCOCCOCCOCC(=O)OC(C)(C)C.O=C=O. The van der Waals surface area contributed by atoms with Crippen LogP contribution in [0.5, 0.6) is 0 Å². The van der Waals surface area contributed by atoms with Crippen molar-refractivity contribution in [3.8, 4) is 0 Å². The molecule has 0 aliphatic heterocycles. The van der Waals surface area contributed by atoms with Gasteiger partial charge in [0.05, 0.1) is 59.5 Å². The molecular weight excluding hydrogens is 560 g/mol. The molecule has 0 N–H and O–H groups in total. The summed E-state index contributed by atoms with van der Waals surface area (Å²) in [5.41, 5.74) is -0.964. The molecule has 0 radical (unpaired) electrons. The molecule has 0 aliphatic rings. The molecule has 14 nitrogen and oxygen atoms in total. The first-order valence-electron chi connectivity index (χ1n) is 13.8. The Hall–Kier alpha value is -2.45. The van der Waals surface area contributed by atoms with Crippen molar-refractivity contribution < 1.29 is 66.6 Å². The number of unbranched alkanes of at least 4 members (excludes halogenated alkanes) is 1. The molecule has 0 saturated heterocycles. The predicted octanol–water partition coefficient (Wildman–Crippen LogP) is 2.15. The average Bonchev–Trinajstić information content (AvgIpc) is 2.87. The minimum absolute atomic E-state index is 0.0341. The molecule has 0 saturated carbocycles. The van der Waals surface area contributed by atoms with Crippen molar-refractivity contribution >= 4 is 24.6 Å². The molecule has 42 heavy (non-hydrogen) atoms. The summed E-state index contributed by atoms with van der Waals surface area (Å²) < 4.78 is 45.8. The molecule has 0 amide bonds. The lowest BCUT2D eigenvalue weighted by Crippen LogP contribution is -2.27. The highest BCUT2D eigenvalue weighted by Gasteiger charge is 2.16. The molecule has 0 bridgehead atoms. The highest BCUT2D eigenvalue weighted by molar-refractivity contribution is 5.71. The van der Waals surface area contributed by atoms with Gasteiger partial charge in [-0.2, -0.15) is 9.59 Å². The van der Waals surface area contributed by atoms with Crippen LogP contribution in [0.25, 0.3) is 0 Å². The van der Waals surface area contributed by atoms with Gasteiger partial charge >= 0.3 is 18.1 Å². The summed E-state index contributed by atoms with van der Waals surface area (Å²) in [6, 6.07) is 0. The average molecular weight is 613 g/mol. The van der Waals surface area contributed by atoms with Gasteiger partial charge in [-0.05, 0) is 48.0 Å². The van der Waals surface area contributed by atoms with Gasteiger partial charge in [-0.3, -0.25) is 4.79 Å². The fourth-order valence-electron chi connectivity index (χ4n) is 2.33. The van der Waals surface area contributed by atoms with Crippen LogP contribution in [0, 0.1) is 0 Å². The molecular formula is C28H52O14. The molecule has 0 atom stereocenters. The van der Waals surface area contributed by atoms with Crippen LogP contribution in [0.1, 0.15) is 61.3 Å². The van der Waals surface area contributed by atoms with E-state index < -0.39 is 17.2 Å². The summed E-state index contributed by atoms with van der Waals surface area (Å²) in [5, 5.41) is 0. The van der Waals surface area contributed by atoms with Crippen LogP contribution in [0.2, 0.25) is 0 Å². The highest BCUT2D eigenvalue weighted by atomic mass is 16.6. The van der Waals surface area contributed by atoms with Gasteiger partial charge in [0.25, 0.3) is 6.47 Å². The number of carbonyl (C=O) groups excluding carboxylic acids is 5. The van der Waals surface area contributed by atoms with Crippen molar-refractivity contribution in [2.45, 2.75) is 72.5 Å². The number of hydrogen-bond acceptors (Lipinski definition) is 14. The minimum Gasteiger partial charge on any atom is -0.465 e. The fourth-order valence-corrected chi connectivity index (χ4v) is 2.33. The zero-order valence-electron chi connectivity index (χ0n) is 26.4. The van der Waals surface area contributed by atoms with Gasteiger partial charge < -0.3 is 42.6 Å². The van der Waals surface area contributed by atoms with E-state index in [1.165, 1.54) is 0 Å². The van der Waals surface area contributed by atoms with Gasteiger partial charge in [0.1, 0.15) is 31.0 Å². The van der Waals surface area contributed by atoms with Crippen molar-refractivity contribution in [1.29, 1.82) is 0 Å². The molecule has 0 aromatic carbocycles. The maximum atomic E-state index is 11.3. The van der Waals surface area contributed by atoms with E-state index in [9.17, 15) is 14.4 Å². The van der Waals surface area contributed by atoms with Crippen LogP contribution in [0.3, 0.4) is 0 Å². The van der Waals surface area contributed by atoms with Gasteiger partial charge in [0, 0.05) is 6.61 Å². The van der Waals surface area contributed by atoms with E-state index in [0.717, 1.165) is 19.4 Å². The van der Waals surface area contributed by atoms with Crippen LogP contribution in [0.4, 0.5) is 0 Å². The third-order valence-electron chi connectivity index (χ3n) is 3.82. The Morgan fingerprint density at radius 1 is 0.571 bits per heavy atom. The summed E-state index contributed by atoms with van der Waals surface area (Å²) in [6.07, 6.45) is 2.47. The lowest BCUT2D eigenvalue weighted by molar-refractivity contribution is -0.191. The van der Waals surface area contributed by atoms with Crippen molar-refractivity contribution in [3.05, 3.63) is 0 Å². The zero-order chi connectivity index (χ0) is 32.5. The summed E-state index contributed by atoms with van der Waals surface area (Å²) >= 11 is 0. The van der Waals surface area contributed by atoms with Crippen LogP contribution < -0.4 is 0 Å². The Morgan fingerprint density at radius 2 is 0.881 bits per heavy atom. The second-order valence-corrected chi connectivity index (χ2v) is 10.1. The molecule has 0 spiro atoms. The van der Waals surface area contributed by atoms with Crippen molar-refractivity contribution in [2.24, 2.45) is 0 Å². The Balaban J connectivity index is -0.000000662. The predicted molar refractivity (Wildman–Crippen MR) is 149 cm³/mol.